The summed E-state index contributed by atoms with van der Waals surface area (Å²) in [6.07, 6.45) is 5.42. The molecule has 14 nitrogen and oxygen atoms in total. The summed E-state index contributed by atoms with van der Waals surface area (Å²) in [5.41, 5.74) is -0.343. The van der Waals surface area contributed by atoms with Crippen LogP contribution in [0.15, 0.2) is 0 Å². The minimum absolute atomic E-state index is 0.105. The molecule has 1 aliphatic heterocycles. The monoisotopic (exact) mass is 645 g/mol. The Morgan fingerprint density at radius 1 is 0.652 bits per heavy atom. The number of piperidine rings is 1. The smallest absolute Gasteiger partial charge is 0.234 e. The van der Waals surface area contributed by atoms with E-state index in [1.807, 2.05) is 20.8 Å². The first-order valence-corrected chi connectivity index (χ1v) is 16.4. The first-order valence-electron chi connectivity index (χ1n) is 16.4. The van der Waals surface area contributed by atoms with Crippen LogP contribution in [0.3, 0.4) is 0 Å². The van der Waals surface area contributed by atoms with E-state index in [1.165, 1.54) is 28.8 Å². The van der Waals surface area contributed by atoms with Gasteiger partial charge in [-0.1, -0.05) is 33.6 Å². The van der Waals surface area contributed by atoms with Crippen molar-refractivity contribution in [3.63, 3.8) is 0 Å². The highest BCUT2D eigenvalue weighted by molar-refractivity contribution is 6.16. The molecule has 0 aromatic heterocycles. The Bertz CT molecular complexity index is 1030. The summed E-state index contributed by atoms with van der Waals surface area (Å²) in [4.78, 5) is 89.4. The predicted octanol–water partition coefficient (Wildman–Crippen LogP) is -3.29. The van der Waals surface area contributed by atoms with E-state index in [9.17, 15) is 33.6 Å². The number of rotatable bonds is 20. The highest BCUT2D eigenvalue weighted by Crippen LogP contribution is 2.23. The summed E-state index contributed by atoms with van der Waals surface area (Å²) in [5, 5.41) is 13.3. The van der Waals surface area contributed by atoms with Crippen molar-refractivity contribution in [1.82, 2.24) is 36.1 Å². The molecule has 2 atom stereocenters. The molecule has 1 saturated heterocycles. The van der Waals surface area contributed by atoms with Crippen LogP contribution in [0.4, 0.5) is 0 Å². The van der Waals surface area contributed by atoms with Gasteiger partial charge in [0.15, 0.2) is 0 Å². The molecule has 0 bridgehead atoms. The van der Waals surface area contributed by atoms with Gasteiger partial charge in [0.05, 0.1) is 31.5 Å². The lowest BCUT2D eigenvalue weighted by molar-refractivity contribution is -0.139. The summed E-state index contributed by atoms with van der Waals surface area (Å²) < 4.78 is 0. The van der Waals surface area contributed by atoms with E-state index in [2.05, 4.69) is 26.3 Å². The minimum atomic E-state index is -0.435. The van der Waals surface area contributed by atoms with Crippen molar-refractivity contribution >= 4 is 65.2 Å². The van der Waals surface area contributed by atoms with Gasteiger partial charge in [-0.05, 0) is 32.1 Å². The molecule has 1 fully saturated rings. The molecule has 0 saturated carbocycles. The normalized spacial score (nSPS) is 16.3. The Labute approximate surface area is 276 Å². The lowest BCUT2D eigenvalue weighted by Gasteiger charge is -2.36. The average molecular weight is 645 g/mol. The number of carbonyl (C=O) groups excluding carboxylic acids is 7. The standard InChI is InChI=1S/C29H54B3N7O7/c1-29(2,3)22(40)10-6-4-8-12-33-23(41)17-38(19-25(43)35-30)18-24(42)34-13-9-5-7-11-26(44)39-15-20(27(45)36-31)14-21(16-39)28(46)37-32/h20-21H,4-19,30-32H2,1-3H3,(H,33,41)(H,34,42)(H,35,43)(H,36,45)(H,37,46). The van der Waals surface area contributed by atoms with Gasteiger partial charge in [0.25, 0.3) is 0 Å². The van der Waals surface area contributed by atoms with E-state index in [-0.39, 0.29) is 85.8 Å². The zero-order valence-corrected chi connectivity index (χ0v) is 28.7. The molecule has 1 rings (SSSR count). The first-order chi connectivity index (χ1) is 21.7. The quantitative estimate of drug-likeness (QED) is 0.0674. The van der Waals surface area contributed by atoms with Gasteiger partial charge >= 0.3 is 0 Å². The minimum Gasteiger partial charge on any atom is -0.406 e. The van der Waals surface area contributed by atoms with Crippen LogP contribution in [0, 0.1) is 17.3 Å². The van der Waals surface area contributed by atoms with E-state index >= 15 is 0 Å². The van der Waals surface area contributed by atoms with Crippen LogP contribution in [-0.4, -0.2) is 121 Å². The number of ketones is 1. The zero-order valence-electron chi connectivity index (χ0n) is 28.7. The SMILES string of the molecule is BNC(=O)CN(CC(=O)NCCCCCC(=O)N1CC(C(=O)NB)CC(C(=O)NB)C1)CC(=O)NCCCCCC(=O)C(C)(C)C. The number of Topliss-reactive ketones (excluding diaryl/α,β-unsaturated/α-hetero) is 1. The molecule has 1 heterocycles. The molecule has 0 radical (unpaired) electrons. The topological polar surface area (TPSA) is 186 Å². The molecule has 0 aromatic rings. The molecule has 6 amide bonds. The maximum absolute atomic E-state index is 12.9. The van der Waals surface area contributed by atoms with Crippen LogP contribution in [0.5, 0.6) is 0 Å². The molecule has 2 unspecified atom stereocenters. The average Bonchev–Trinajstić information content (AvgIpc) is 3.02. The van der Waals surface area contributed by atoms with Crippen LogP contribution in [0.25, 0.3) is 0 Å². The second-order valence-electron chi connectivity index (χ2n) is 13.0. The third-order valence-corrected chi connectivity index (χ3v) is 8.05. The maximum Gasteiger partial charge on any atom is 0.234 e. The van der Waals surface area contributed by atoms with Crippen LogP contribution in [-0.2, 0) is 33.6 Å². The van der Waals surface area contributed by atoms with E-state index in [0.717, 1.165) is 19.3 Å². The molecule has 5 N–H and O–H groups in total. The summed E-state index contributed by atoms with van der Waals surface area (Å²) in [6.45, 7) is 6.78. The van der Waals surface area contributed by atoms with Crippen LogP contribution < -0.4 is 26.3 Å². The Kier molecular flexibility index (Phi) is 19.0. The third-order valence-electron chi connectivity index (χ3n) is 8.05. The highest BCUT2D eigenvalue weighted by Gasteiger charge is 2.36. The van der Waals surface area contributed by atoms with E-state index in [0.29, 0.717) is 45.2 Å². The lowest BCUT2D eigenvalue weighted by atomic mass is 9.87. The van der Waals surface area contributed by atoms with Crippen molar-refractivity contribution in [3.8, 4) is 0 Å². The molecule has 0 aromatic carbocycles. The summed E-state index contributed by atoms with van der Waals surface area (Å²) in [6, 6.07) is 0. The Balaban J connectivity index is 2.39. The number of amides is 6. The predicted molar refractivity (Wildman–Crippen MR) is 182 cm³/mol. The summed E-state index contributed by atoms with van der Waals surface area (Å²) >= 11 is 0. The second-order valence-corrected chi connectivity index (χ2v) is 13.0. The first kappa shape index (κ1) is 40.7. The summed E-state index contributed by atoms with van der Waals surface area (Å²) in [5.74, 6) is -2.04. The fourth-order valence-electron chi connectivity index (χ4n) is 5.21. The van der Waals surface area contributed by atoms with Gasteiger partial charge < -0.3 is 31.2 Å². The van der Waals surface area contributed by atoms with Gasteiger partial charge in [-0.3, -0.25) is 38.5 Å². The van der Waals surface area contributed by atoms with Crippen molar-refractivity contribution in [2.24, 2.45) is 17.3 Å². The molecule has 46 heavy (non-hydrogen) atoms. The number of unbranched alkanes of at least 4 members (excludes halogenated alkanes) is 4. The Hall–Kier alpha value is -3.36. The van der Waals surface area contributed by atoms with Crippen molar-refractivity contribution in [2.75, 3.05) is 45.8 Å². The zero-order chi connectivity index (χ0) is 34.7. The molecular formula is C29H54B3N7O7. The summed E-state index contributed by atoms with van der Waals surface area (Å²) in [7, 11) is 4.57. The van der Waals surface area contributed by atoms with E-state index in [1.54, 1.807) is 4.90 Å². The molecule has 0 spiro atoms. The second kappa shape index (κ2) is 21.4. The van der Waals surface area contributed by atoms with Gasteiger partial charge in [0.2, 0.25) is 59.4 Å². The fourth-order valence-corrected chi connectivity index (χ4v) is 5.21. The van der Waals surface area contributed by atoms with Crippen molar-refractivity contribution in [3.05, 3.63) is 0 Å². The lowest BCUT2D eigenvalue weighted by Crippen LogP contribution is -2.51. The third kappa shape index (κ3) is 16.3. The number of likely N-dealkylation sites (tertiary alicyclic amines) is 1. The fraction of sp³-hybridized carbons (Fsp3) is 0.759. The maximum atomic E-state index is 12.9. The molecule has 1 aliphatic rings. The van der Waals surface area contributed by atoms with Crippen LogP contribution >= 0.6 is 0 Å². The number of hydrogen-bond donors (Lipinski definition) is 5. The molecular weight excluding hydrogens is 591 g/mol. The van der Waals surface area contributed by atoms with Crippen molar-refractivity contribution in [2.45, 2.75) is 78.6 Å². The largest absolute Gasteiger partial charge is 0.406 e. The molecule has 0 aliphatic carbocycles. The highest BCUT2D eigenvalue weighted by atomic mass is 16.2. The van der Waals surface area contributed by atoms with Gasteiger partial charge in [0.1, 0.15) is 5.78 Å². The number of carbonyl (C=O) groups is 7. The number of nitrogens with zero attached hydrogens (tertiary/aromatic N) is 2. The van der Waals surface area contributed by atoms with Gasteiger partial charge in [-0.2, -0.15) is 0 Å². The Morgan fingerprint density at radius 2 is 1.11 bits per heavy atom. The molecule has 256 valence electrons. The van der Waals surface area contributed by atoms with Gasteiger partial charge in [0, 0.05) is 44.4 Å². The molecule has 17 heteroatoms. The number of nitrogens with one attached hydrogen (secondary N) is 5. The Morgan fingerprint density at radius 3 is 1.54 bits per heavy atom. The van der Waals surface area contributed by atoms with Crippen LogP contribution in [0.2, 0.25) is 0 Å². The van der Waals surface area contributed by atoms with Crippen LogP contribution in [0.1, 0.15) is 78.6 Å². The van der Waals surface area contributed by atoms with E-state index < -0.39 is 11.8 Å². The number of hydrogen-bond acceptors (Lipinski definition) is 8. The van der Waals surface area contributed by atoms with Gasteiger partial charge in [-0.25, -0.2) is 0 Å². The van der Waals surface area contributed by atoms with Gasteiger partial charge in [-0.15, -0.1) is 0 Å². The van der Waals surface area contributed by atoms with Crippen molar-refractivity contribution < 1.29 is 33.6 Å². The van der Waals surface area contributed by atoms with Crippen molar-refractivity contribution in [1.29, 1.82) is 0 Å². The van der Waals surface area contributed by atoms with E-state index in [4.69, 9.17) is 0 Å².